The van der Waals surface area contributed by atoms with Crippen LogP contribution < -0.4 is 10.6 Å². The van der Waals surface area contributed by atoms with E-state index in [0.29, 0.717) is 11.3 Å². The van der Waals surface area contributed by atoms with Crippen molar-refractivity contribution in [1.82, 2.24) is 9.97 Å². The average Bonchev–Trinajstić information content (AvgIpc) is 2.68. The highest BCUT2D eigenvalue weighted by atomic mass is 19.4. The summed E-state index contributed by atoms with van der Waals surface area (Å²) in [6.45, 7) is 0. The molecule has 9 heteroatoms. The van der Waals surface area contributed by atoms with Gasteiger partial charge in [0.2, 0.25) is 5.95 Å². The molecule has 3 rings (SSSR count). The quantitative estimate of drug-likeness (QED) is 0.698. The van der Waals surface area contributed by atoms with Gasteiger partial charge in [-0.05, 0) is 36.4 Å². The van der Waals surface area contributed by atoms with Crippen LogP contribution in [0.2, 0.25) is 0 Å². The summed E-state index contributed by atoms with van der Waals surface area (Å²) in [7, 11) is 0. The zero-order chi connectivity index (χ0) is 20.1. The number of carbonyl (C=O) groups is 1. The fourth-order valence-corrected chi connectivity index (χ4v) is 2.27. The molecule has 2 N–H and O–H groups in total. The number of anilines is 3. The van der Waals surface area contributed by atoms with Crippen molar-refractivity contribution in [3.63, 3.8) is 0 Å². The first-order valence-corrected chi connectivity index (χ1v) is 7.93. The summed E-state index contributed by atoms with van der Waals surface area (Å²) in [4.78, 5) is 20.2. The molecule has 0 saturated heterocycles. The Hall–Kier alpha value is -3.93. The second-order valence-corrected chi connectivity index (χ2v) is 5.61. The van der Waals surface area contributed by atoms with Gasteiger partial charge < -0.3 is 10.6 Å². The Morgan fingerprint density at radius 2 is 1.64 bits per heavy atom. The predicted octanol–water partition coefficient (Wildman–Crippen LogP) is 4.36. The van der Waals surface area contributed by atoms with Gasteiger partial charge in [-0.25, -0.2) is 9.97 Å². The molecular formula is C19H12F3N5O. The largest absolute Gasteiger partial charge is 0.416 e. The van der Waals surface area contributed by atoms with E-state index in [1.165, 1.54) is 12.4 Å². The van der Waals surface area contributed by atoms with Crippen molar-refractivity contribution < 1.29 is 18.0 Å². The van der Waals surface area contributed by atoms with E-state index < -0.39 is 17.6 Å². The molecule has 2 aromatic carbocycles. The topological polar surface area (TPSA) is 90.7 Å². The van der Waals surface area contributed by atoms with Crippen LogP contribution in [-0.2, 0) is 6.18 Å². The van der Waals surface area contributed by atoms with Crippen LogP contribution in [0.5, 0.6) is 0 Å². The van der Waals surface area contributed by atoms with Crippen molar-refractivity contribution in [2.24, 2.45) is 0 Å². The summed E-state index contributed by atoms with van der Waals surface area (Å²) < 4.78 is 37.7. The minimum absolute atomic E-state index is 0.124. The van der Waals surface area contributed by atoms with E-state index >= 15 is 0 Å². The fraction of sp³-hybridized carbons (Fsp3) is 0.0526. The monoisotopic (exact) mass is 383 g/mol. The van der Waals surface area contributed by atoms with Gasteiger partial charge in [0.15, 0.2) is 0 Å². The Balaban J connectivity index is 1.68. The van der Waals surface area contributed by atoms with E-state index in [-0.39, 0.29) is 17.2 Å². The van der Waals surface area contributed by atoms with Crippen LogP contribution in [0.1, 0.15) is 21.5 Å². The van der Waals surface area contributed by atoms with E-state index in [2.05, 4.69) is 20.6 Å². The molecular weight excluding hydrogens is 371 g/mol. The highest BCUT2D eigenvalue weighted by molar-refractivity contribution is 6.03. The Morgan fingerprint density at radius 3 is 2.25 bits per heavy atom. The SMILES string of the molecule is N#Cc1ccccc1Nc1ncc(C(=O)Nc2ccc(C(F)(F)F)cc2)cn1. The number of rotatable bonds is 4. The van der Waals surface area contributed by atoms with Crippen LogP contribution in [0, 0.1) is 11.3 Å². The number of hydrogen-bond donors (Lipinski definition) is 2. The highest BCUT2D eigenvalue weighted by Gasteiger charge is 2.30. The molecule has 0 bridgehead atoms. The second kappa shape index (κ2) is 7.75. The van der Waals surface area contributed by atoms with Crippen LogP contribution in [0.25, 0.3) is 0 Å². The average molecular weight is 383 g/mol. The summed E-state index contributed by atoms with van der Waals surface area (Å²) >= 11 is 0. The molecule has 0 fully saturated rings. The molecule has 140 valence electrons. The number of benzene rings is 2. The number of nitrogens with zero attached hydrogens (tertiary/aromatic N) is 3. The first-order valence-electron chi connectivity index (χ1n) is 7.93. The molecule has 0 atom stereocenters. The third-order valence-electron chi connectivity index (χ3n) is 3.68. The number of halogens is 3. The van der Waals surface area contributed by atoms with Crippen LogP contribution in [-0.4, -0.2) is 15.9 Å². The van der Waals surface area contributed by atoms with E-state index in [4.69, 9.17) is 5.26 Å². The van der Waals surface area contributed by atoms with Crippen LogP contribution >= 0.6 is 0 Å². The number of amides is 1. The number of carbonyl (C=O) groups excluding carboxylic acids is 1. The normalized spacial score (nSPS) is 10.8. The number of alkyl halides is 3. The molecule has 1 aromatic heterocycles. The van der Waals surface area contributed by atoms with Gasteiger partial charge in [0.25, 0.3) is 5.91 Å². The summed E-state index contributed by atoms with van der Waals surface area (Å²) in [5, 5.41) is 14.4. The lowest BCUT2D eigenvalue weighted by atomic mass is 10.2. The summed E-state index contributed by atoms with van der Waals surface area (Å²) in [6, 6.07) is 12.9. The Morgan fingerprint density at radius 1 is 1.00 bits per heavy atom. The maximum absolute atomic E-state index is 12.6. The van der Waals surface area contributed by atoms with Crippen molar-refractivity contribution in [3.05, 3.63) is 77.6 Å². The van der Waals surface area contributed by atoms with Crippen LogP contribution in [0.4, 0.5) is 30.5 Å². The number of nitriles is 1. The third-order valence-corrected chi connectivity index (χ3v) is 3.68. The summed E-state index contributed by atoms with van der Waals surface area (Å²) in [5.41, 5.74) is 0.464. The van der Waals surface area contributed by atoms with Crippen molar-refractivity contribution in [1.29, 1.82) is 5.26 Å². The molecule has 0 aliphatic heterocycles. The maximum atomic E-state index is 12.6. The van der Waals surface area contributed by atoms with E-state index in [1.807, 2.05) is 6.07 Å². The minimum atomic E-state index is -4.44. The molecule has 1 heterocycles. The molecule has 0 unspecified atom stereocenters. The molecule has 3 aromatic rings. The number of nitrogens with one attached hydrogen (secondary N) is 2. The molecule has 0 saturated carbocycles. The minimum Gasteiger partial charge on any atom is -0.323 e. The first-order chi connectivity index (χ1) is 13.4. The van der Waals surface area contributed by atoms with Gasteiger partial charge in [0.05, 0.1) is 22.4 Å². The Bertz CT molecular complexity index is 1030. The number of para-hydroxylation sites is 1. The van der Waals surface area contributed by atoms with Crippen molar-refractivity contribution >= 4 is 23.2 Å². The van der Waals surface area contributed by atoms with Gasteiger partial charge in [0, 0.05) is 18.1 Å². The van der Waals surface area contributed by atoms with Gasteiger partial charge in [0.1, 0.15) is 6.07 Å². The number of aromatic nitrogens is 2. The molecule has 0 aliphatic rings. The predicted molar refractivity (Wildman–Crippen MR) is 95.9 cm³/mol. The second-order valence-electron chi connectivity index (χ2n) is 5.61. The summed E-state index contributed by atoms with van der Waals surface area (Å²) in [5.74, 6) is -0.377. The third kappa shape index (κ3) is 4.42. The maximum Gasteiger partial charge on any atom is 0.416 e. The van der Waals surface area contributed by atoms with E-state index in [9.17, 15) is 18.0 Å². The molecule has 0 radical (unpaired) electrons. The van der Waals surface area contributed by atoms with Crippen molar-refractivity contribution in [2.75, 3.05) is 10.6 Å². The fourth-order valence-electron chi connectivity index (χ4n) is 2.27. The Kier molecular flexibility index (Phi) is 5.22. The van der Waals surface area contributed by atoms with E-state index in [0.717, 1.165) is 24.3 Å². The first kappa shape index (κ1) is 18.8. The lowest BCUT2D eigenvalue weighted by Crippen LogP contribution is -2.13. The smallest absolute Gasteiger partial charge is 0.323 e. The highest BCUT2D eigenvalue weighted by Crippen LogP contribution is 2.29. The van der Waals surface area contributed by atoms with Gasteiger partial charge in [-0.1, -0.05) is 12.1 Å². The standard InChI is InChI=1S/C19H12F3N5O/c20-19(21,22)14-5-7-15(8-6-14)26-17(28)13-10-24-18(25-11-13)27-16-4-2-1-3-12(16)9-23/h1-8,10-11H,(H,26,28)(H,24,25,27). The lowest BCUT2D eigenvalue weighted by molar-refractivity contribution is -0.137. The zero-order valence-corrected chi connectivity index (χ0v) is 14.2. The lowest BCUT2D eigenvalue weighted by Gasteiger charge is -2.09. The van der Waals surface area contributed by atoms with Gasteiger partial charge >= 0.3 is 6.18 Å². The molecule has 0 spiro atoms. The van der Waals surface area contributed by atoms with Crippen molar-refractivity contribution in [3.8, 4) is 6.07 Å². The molecule has 1 amide bonds. The van der Waals surface area contributed by atoms with Gasteiger partial charge in [-0.3, -0.25) is 4.79 Å². The Labute approximate surface area is 157 Å². The van der Waals surface area contributed by atoms with E-state index in [1.54, 1.807) is 24.3 Å². The van der Waals surface area contributed by atoms with Gasteiger partial charge in [-0.15, -0.1) is 0 Å². The van der Waals surface area contributed by atoms with Gasteiger partial charge in [-0.2, -0.15) is 18.4 Å². The number of hydrogen-bond acceptors (Lipinski definition) is 5. The zero-order valence-electron chi connectivity index (χ0n) is 14.2. The van der Waals surface area contributed by atoms with Crippen LogP contribution in [0.15, 0.2) is 60.9 Å². The molecule has 6 nitrogen and oxygen atoms in total. The van der Waals surface area contributed by atoms with Crippen molar-refractivity contribution in [2.45, 2.75) is 6.18 Å². The molecule has 0 aliphatic carbocycles. The van der Waals surface area contributed by atoms with Crippen LogP contribution in [0.3, 0.4) is 0 Å². The molecule has 28 heavy (non-hydrogen) atoms. The summed E-state index contributed by atoms with van der Waals surface area (Å²) in [6.07, 6.45) is -1.91.